The number of aromatic nitrogens is 1. The number of pyridine rings is 1. The number of aromatic hydroxyl groups is 1. The van der Waals surface area contributed by atoms with Gasteiger partial charge in [-0.2, -0.15) is 0 Å². The lowest BCUT2D eigenvalue weighted by Crippen LogP contribution is -2.54. The molecule has 5 rings (SSSR count). The van der Waals surface area contributed by atoms with Crippen molar-refractivity contribution in [2.24, 2.45) is 10.7 Å². The summed E-state index contributed by atoms with van der Waals surface area (Å²) in [6.45, 7) is 14.1. The number of anilines is 1. The first-order valence-corrected chi connectivity index (χ1v) is 18.3. The number of benzene rings is 1. The van der Waals surface area contributed by atoms with Crippen LogP contribution in [0.5, 0.6) is 5.75 Å². The highest BCUT2D eigenvalue weighted by Gasteiger charge is 2.41. The van der Waals surface area contributed by atoms with Crippen LogP contribution in [0.2, 0.25) is 0 Å². The van der Waals surface area contributed by atoms with Crippen LogP contribution in [0.25, 0.3) is 6.08 Å². The second-order valence-electron chi connectivity index (χ2n) is 14.5. The van der Waals surface area contributed by atoms with Crippen molar-refractivity contribution in [1.82, 2.24) is 19.7 Å². The lowest BCUT2D eigenvalue weighted by atomic mass is 10.1. The second kappa shape index (κ2) is 18.5. The van der Waals surface area contributed by atoms with Gasteiger partial charge in [-0.1, -0.05) is 18.2 Å². The molecule has 52 heavy (non-hydrogen) atoms. The normalized spacial score (nSPS) is 20.5. The maximum Gasteiger partial charge on any atom is 0.320 e. The predicted octanol–water partition coefficient (Wildman–Crippen LogP) is 3.38. The van der Waals surface area contributed by atoms with Gasteiger partial charge < -0.3 is 40.3 Å². The molecule has 3 aliphatic rings. The number of hydrogen-bond acceptors (Lipinski definition) is 12. The van der Waals surface area contributed by atoms with Crippen LogP contribution < -0.4 is 10.6 Å². The lowest BCUT2D eigenvalue weighted by molar-refractivity contribution is -0.156. The van der Waals surface area contributed by atoms with E-state index in [-0.39, 0.29) is 29.5 Å². The number of ether oxygens (including phenoxy) is 3. The minimum atomic E-state index is -0.450. The van der Waals surface area contributed by atoms with E-state index in [1.165, 1.54) is 0 Å². The second-order valence-corrected chi connectivity index (χ2v) is 14.5. The minimum Gasteiger partial charge on any atom is -0.507 e. The van der Waals surface area contributed by atoms with Crippen molar-refractivity contribution in [1.29, 1.82) is 5.41 Å². The summed E-state index contributed by atoms with van der Waals surface area (Å²) in [5.41, 5.74) is 9.29. The number of amidine groups is 1. The molecule has 3 saturated heterocycles. The Labute approximate surface area is 308 Å². The molecule has 13 heteroatoms. The zero-order valence-corrected chi connectivity index (χ0v) is 31.2. The quantitative estimate of drug-likeness (QED) is 0.101. The van der Waals surface area contributed by atoms with Gasteiger partial charge in [-0.05, 0) is 70.0 Å². The molecule has 3 fully saturated rings. The zero-order chi connectivity index (χ0) is 37.1. The third kappa shape index (κ3) is 11.1. The largest absolute Gasteiger partial charge is 0.507 e. The number of nitrogens with one attached hydrogen (secondary N) is 1. The Balaban J connectivity index is 1.02. The maximum atomic E-state index is 12.1. The van der Waals surface area contributed by atoms with Crippen LogP contribution in [-0.4, -0.2) is 146 Å². The van der Waals surface area contributed by atoms with Gasteiger partial charge in [0.25, 0.3) is 0 Å². The molecule has 0 radical (unpaired) electrons. The topological polar surface area (TPSA) is 153 Å². The Kier molecular flexibility index (Phi) is 13.8. The van der Waals surface area contributed by atoms with Crippen molar-refractivity contribution in [3.8, 4) is 5.75 Å². The molecule has 1 aromatic heterocycles. The standard InChI is InChI=1S/C39H56N8O5/c1-39(2,3)52-37(49)28-45-17-15-44(16-18-45)19-21-51-23-22-50-20-7-8-29-24-30(13-14-43-29)47-31-11-12-32(47)27-46(26-31)35(38(41)42-4)25-34(40)33-9-5-6-10-36(33)48/h5-10,13-14,24-25,31-32,40,48H,11-12,15-23,26-28H2,1-4H3,(H2,41,42)/b8-7+,35-25+,40-34?. The van der Waals surface area contributed by atoms with E-state index < -0.39 is 5.60 Å². The van der Waals surface area contributed by atoms with E-state index in [0.717, 1.165) is 70.0 Å². The van der Waals surface area contributed by atoms with E-state index in [0.29, 0.717) is 50.1 Å². The fraction of sp³-hybridized carbons (Fsp3) is 0.538. The van der Waals surface area contributed by atoms with Crippen LogP contribution >= 0.6 is 0 Å². The molecule has 0 amide bonds. The molecule has 2 bridgehead atoms. The fourth-order valence-electron chi connectivity index (χ4n) is 7.03. The van der Waals surface area contributed by atoms with Gasteiger partial charge in [-0.25, -0.2) is 0 Å². The monoisotopic (exact) mass is 716 g/mol. The van der Waals surface area contributed by atoms with Gasteiger partial charge >= 0.3 is 5.97 Å². The Morgan fingerprint density at radius 1 is 1.04 bits per heavy atom. The Bertz CT molecular complexity index is 1580. The van der Waals surface area contributed by atoms with Gasteiger partial charge in [0.15, 0.2) is 0 Å². The molecule has 0 aliphatic carbocycles. The molecule has 0 saturated carbocycles. The number of carbonyl (C=O) groups is 1. The van der Waals surface area contributed by atoms with Crippen LogP contribution in [0.4, 0.5) is 5.69 Å². The summed E-state index contributed by atoms with van der Waals surface area (Å²) in [5.74, 6) is 0.276. The average molecular weight is 717 g/mol. The number of carbonyl (C=O) groups excluding carboxylic acids is 1. The third-order valence-corrected chi connectivity index (χ3v) is 9.53. The van der Waals surface area contributed by atoms with Crippen LogP contribution in [0.1, 0.15) is 44.9 Å². The molecule has 2 atom stereocenters. The number of allylic oxidation sites excluding steroid dienone is 1. The molecule has 4 heterocycles. The smallest absolute Gasteiger partial charge is 0.320 e. The SMILES string of the molecule is CN=C(N)/C(=C\C(=N)c1ccccc1O)N1CC2CCC(C1)N2c1ccnc(/C=C/COCCOCCN2CCN(CC(=O)OC(C)(C)C)CC2)c1. The summed E-state index contributed by atoms with van der Waals surface area (Å²) in [5, 5.41) is 19.0. The maximum absolute atomic E-state index is 12.1. The molecule has 282 valence electrons. The molecule has 2 aromatic rings. The lowest BCUT2D eigenvalue weighted by Gasteiger charge is -2.44. The molecular weight excluding hydrogens is 660 g/mol. The number of esters is 1. The van der Waals surface area contributed by atoms with Crippen molar-refractivity contribution >= 4 is 29.3 Å². The van der Waals surface area contributed by atoms with Gasteiger partial charge in [0.05, 0.1) is 50.1 Å². The zero-order valence-electron chi connectivity index (χ0n) is 31.2. The summed E-state index contributed by atoms with van der Waals surface area (Å²) in [7, 11) is 1.66. The Morgan fingerprint density at radius 2 is 1.73 bits per heavy atom. The van der Waals surface area contributed by atoms with E-state index in [4.69, 9.17) is 25.4 Å². The Morgan fingerprint density at radius 3 is 2.42 bits per heavy atom. The number of piperazine rings is 2. The van der Waals surface area contributed by atoms with Crippen molar-refractivity contribution in [2.45, 2.75) is 51.3 Å². The molecular formula is C39H56N8O5. The number of phenolic OH excluding ortho intramolecular Hbond substituents is 1. The van der Waals surface area contributed by atoms with Crippen molar-refractivity contribution < 1.29 is 24.1 Å². The third-order valence-electron chi connectivity index (χ3n) is 9.53. The first-order chi connectivity index (χ1) is 25.0. The van der Waals surface area contributed by atoms with E-state index in [1.54, 1.807) is 37.4 Å². The summed E-state index contributed by atoms with van der Waals surface area (Å²) >= 11 is 0. The van der Waals surface area contributed by atoms with Crippen LogP contribution in [0.15, 0.2) is 65.4 Å². The van der Waals surface area contributed by atoms with E-state index >= 15 is 0 Å². The number of hydrogen-bond donors (Lipinski definition) is 3. The highest BCUT2D eigenvalue weighted by atomic mass is 16.6. The molecule has 4 N–H and O–H groups in total. The highest BCUT2D eigenvalue weighted by molar-refractivity contribution is 6.12. The summed E-state index contributed by atoms with van der Waals surface area (Å²) in [4.78, 5) is 30.1. The highest BCUT2D eigenvalue weighted by Crippen LogP contribution is 2.36. The minimum absolute atomic E-state index is 0.0653. The van der Waals surface area contributed by atoms with Crippen molar-refractivity contribution in [3.63, 3.8) is 0 Å². The number of likely N-dealkylation sites (tertiary alicyclic amines) is 1. The van der Waals surface area contributed by atoms with Gasteiger partial charge in [0.2, 0.25) is 0 Å². The number of para-hydroxylation sites is 1. The summed E-state index contributed by atoms with van der Waals surface area (Å²) < 4.78 is 17.0. The first-order valence-electron chi connectivity index (χ1n) is 18.3. The number of phenols is 1. The van der Waals surface area contributed by atoms with Gasteiger partial charge in [-0.3, -0.25) is 24.6 Å². The van der Waals surface area contributed by atoms with Crippen LogP contribution in [-0.2, 0) is 19.0 Å². The van der Waals surface area contributed by atoms with Crippen molar-refractivity contribution in [3.05, 3.63) is 71.7 Å². The van der Waals surface area contributed by atoms with E-state index in [1.807, 2.05) is 39.1 Å². The van der Waals surface area contributed by atoms with E-state index in [2.05, 4.69) is 41.7 Å². The summed E-state index contributed by atoms with van der Waals surface area (Å²) in [6, 6.07) is 11.6. The molecule has 1 aromatic carbocycles. The van der Waals surface area contributed by atoms with Gasteiger partial charge in [0.1, 0.15) is 17.2 Å². The van der Waals surface area contributed by atoms with Gasteiger partial charge in [-0.15, -0.1) is 0 Å². The van der Waals surface area contributed by atoms with Gasteiger partial charge in [0, 0.05) is 82.4 Å². The van der Waals surface area contributed by atoms with Crippen molar-refractivity contribution in [2.75, 3.05) is 90.7 Å². The van der Waals surface area contributed by atoms with Crippen LogP contribution in [0, 0.1) is 5.41 Å². The number of aliphatic imine (C=N–C) groups is 1. The molecule has 2 unspecified atom stereocenters. The molecule has 13 nitrogen and oxygen atoms in total. The first kappa shape index (κ1) is 38.9. The fourth-order valence-corrected chi connectivity index (χ4v) is 7.03. The average Bonchev–Trinajstić information content (AvgIpc) is 3.38. The number of nitrogens with zero attached hydrogens (tertiary/aromatic N) is 6. The predicted molar refractivity (Wildman–Crippen MR) is 205 cm³/mol. The van der Waals surface area contributed by atoms with Crippen LogP contribution in [0.3, 0.4) is 0 Å². The molecule has 0 spiro atoms. The Hall–Kier alpha value is -4.30. The molecule has 3 aliphatic heterocycles. The number of rotatable bonds is 16. The number of fused-ring (bicyclic) bond motifs is 2. The van der Waals surface area contributed by atoms with E-state index in [9.17, 15) is 9.90 Å². The summed E-state index contributed by atoms with van der Waals surface area (Å²) in [6.07, 6.45) is 9.68. The number of nitrogens with two attached hydrogens (primary N) is 1.